The molecule has 0 atom stereocenters. The van der Waals surface area contributed by atoms with Crippen molar-refractivity contribution in [2.45, 2.75) is 19.3 Å². The third-order valence-electron chi connectivity index (χ3n) is 2.59. The van der Waals surface area contributed by atoms with E-state index in [1.54, 1.807) is 0 Å². The molecule has 1 rings (SSSR count). The molecular formula is C9H21N3O2S. The van der Waals surface area contributed by atoms with Crippen molar-refractivity contribution in [3.63, 3.8) is 0 Å². The summed E-state index contributed by atoms with van der Waals surface area (Å²) in [6.45, 7) is 3.68. The Labute approximate surface area is 92.1 Å². The Balaban J connectivity index is 2.14. The molecule has 0 aliphatic carbocycles. The van der Waals surface area contributed by atoms with Crippen LogP contribution in [0.4, 0.5) is 0 Å². The van der Waals surface area contributed by atoms with Gasteiger partial charge in [-0.25, -0.2) is 13.1 Å². The average Bonchev–Trinajstić information content (AvgIpc) is 2.19. The summed E-state index contributed by atoms with van der Waals surface area (Å²) in [6, 6.07) is 0. The van der Waals surface area contributed by atoms with Gasteiger partial charge in [0.05, 0.1) is 5.75 Å². The Morgan fingerprint density at radius 2 is 1.87 bits per heavy atom. The average molecular weight is 235 g/mol. The van der Waals surface area contributed by atoms with Gasteiger partial charge in [-0.05, 0) is 25.9 Å². The topological polar surface area (TPSA) is 75.4 Å². The van der Waals surface area contributed by atoms with Crippen molar-refractivity contribution in [1.29, 1.82) is 0 Å². The van der Waals surface area contributed by atoms with E-state index in [4.69, 9.17) is 5.73 Å². The number of nitrogens with two attached hydrogens (primary N) is 1. The van der Waals surface area contributed by atoms with Crippen molar-refractivity contribution in [2.24, 2.45) is 5.73 Å². The van der Waals surface area contributed by atoms with Crippen LogP contribution in [0, 0.1) is 0 Å². The van der Waals surface area contributed by atoms with Crippen LogP contribution in [0.15, 0.2) is 0 Å². The first kappa shape index (κ1) is 12.9. The van der Waals surface area contributed by atoms with Crippen LogP contribution in [0.1, 0.15) is 19.3 Å². The molecule has 0 bridgehead atoms. The molecule has 1 fully saturated rings. The highest BCUT2D eigenvalue weighted by molar-refractivity contribution is 7.89. The molecule has 1 aliphatic rings. The highest BCUT2D eigenvalue weighted by Gasteiger charge is 2.11. The Morgan fingerprint density at radius 3 is 2.47 bits per heavy atom. The lowest BCUT2D eigenvalue weighted by Gasteiger charge is -2.26. The van der Waals surface area contributed by atoms with E-state index in [0.29, 0.717) is 6.54 Å². The Kier molecular flexibility index (Phi) is 5.52. The minimum Gasteiger partial charge on any atom is -0.329 e. The van der Waals surface area contributed by atoms with Gasteiger partial charge < -0.3 is 10.6 Å². The summed E-state index contributed by atoms with van der Waals surface area (Å²) in [5.74, 6) is 0.0208. The second-order valence-corrected chi connectivity index (χ2v) is 5.83. The van der Waals surface area contributed by atoms with E-state index in [2.05, 4.69) is 9.62 Å². The molecule has 5 nitrogen and oxygen atoms in total. The highest BCUT2D eigenvalue weighted by Crippen LogP contribution is 2.07. The largest absolute Gasteiger partial charge is 0.329 e. The van der Waals surface area contributed by atoms with Gasteiger partial charge in [0.15, 0.2) is 0 Å². The van der Waals surface area contributed by atoms with Crippen LogP contribution >= 0.6 is 0 Å². The van der Waals surface area contributed by atoms with Gasteiger partial charge in [0.1, 0.15) is 0 Å². The Hall–Kier alpha value is -0.170. The molecule has 0 radical (unpaired) electrons. The molecule has 1 aliphatic heterocycles. The van der Waals surface area contributed by atoms with Crippen molar-refractivity contribution in [2.75, 3.05) is 38.5 Å². The fourth-order valence-corrected chi connectivity index (χ4v) is 2.63. The number of likely N-dealkylation sites (tertiary alicyclic amines) is 1. The Bertz CT molecular complexity index is 261. The Morgan fingerprint density at radius 1 is 1.20 bits per heavy atom. The third-order valence-corrected chi connectivity index (χ3v) is 4.00. The predicted octanol–water partition coefficient (Wildman–Crippen LogP) is -0.650. The van der Waals surface area contributed by atoms with Gasteiger partial charge >= 0.3 is 0 Å². The minimum absolute atomic E-state index is 0.0208. The second-order valence-electron chi connectivity index (χ2n) is 3.90. The van der Waals surface area contributed by atoms with Gasteiger partial charge in [-0.2, -0.15) is 0 Å². The zero-order valence-corrected chi connectivity index (χ0v) is 9.93. The quantitative estimate of drug-likeness (QED) is 0.641. The second kappa shape index (κ2) is 6.42. The van der Waals surface area contributed by atoms with Crippen LogP contribution in [0.5, 0.6) is 0 Å². The molecule has 0 unspecified atom stereocenters. The monoisotopic (exact) mass is 235 g/mol. The van der Waals surface area contributed by atoms with Gasteiger partial charge in [-0.1, -0.05) is 6.42 Å². The first-order valence-corrected chi connectivity index (χ1v) is 7.19. The van der Waals surface area contributed by atoms with Crippen molar-refractivity contribution in [1.82, 2.24) is 9.62 Å². The van der Waals surface area contributed by atoms with E-state index in [9.17, 15) is 8.42 Å². The van der Waals surface area contributed by atoms with E-state index in [1.807, 2.05) is 0 Å². The van der Waals surface area contributed by atoms with Gasteiger partial charge in [-0.3, -0.25) is 0 Å². The van der Waals surface area contributed by atoms with Crippen LogP contribution in [0.2, 0.25) is 0 Å². The fourth-order valence-electron chi connectivity index (χ4n) is 1.77. The first-order valence-electron chi connectivity index (χ1n) is 5.54. The van der Waals surface area contributed by atoms with E-state index in [-0.39, 0.29) is 12.3 Å². The SMILES string of the molecule is NCCS(=O)(=O)NCCN1CCCCC1. The van der Waals surface area contributed by atoms with Gasteiger partial charge in [-0.15, -0.1) is 0 Å². The normalized spacial score (nSPS) is 19.3. The van der Waals surface area contributed by atoms with Crippen LogP contribution < -0.4 is 10.5 Å². The first-order chi connectivity index (χ1) is 7.14. The van der Waals surface area contributed by atoms with E-state index in [0.717, 1.165) is 19.6 Å². The molecule has 0 aromatic heterocycles. The molecule has 6 heteroatoms. The molecule has 0 amide bonds. The maximum absolute atomic E-state index is 11.3. The van der Waals surface area contributed by atoms with E-state index < -0.39 is 10.0 Å². The van der Waals surface area contributed by atoms with Crippen LogP contribution in [0.25, 0.3) is 0 Å². The smallest absolute Gasteiger partial charge is 0.212 e. The maximum Gasteiger partial charge on any atom is 0.212 e. The molecule has 3 N–H and O–H groups in total. The van der Waals surface area contributed by atoms with Gasteiger partial charge in [0.2, 0.25) is 10.0 Å². The summed E-state index contributed by atoms with van der Waals surface area (Å²) in [4.78, 5) is 2.30. The number of hydrogen-bond acceptors (Lipinski definition) is 4. The molecule has 15 heavy (non-hydrogen) atoms. The molecule has 0 saturated carbocycles. The lowest BCUT2D eigenvalue weighted by Crippen LogP contribution is -2.39. The van der Waals surface area contributed by atoms with E-state index >= 15 is 0 Å². The fraction of sp³-hybridized carbons (Fsp3) is 1.00. The zero-order valence-electron chi connectivity index (χ0n) is 9.11. The van der Waals surface area contributed by atoms with Crippen molar-refractivity contribution in [3.8, 4) is 0 Å². The number of nitrogens with zero attached hydrogens (tertiary/aromatic N) is 1. The summed E-state index contributed by atoms with van der Waals surface area (Å²) in [7, 11) is -3.13. The summed E-state index contributed by atoms with van der Waals surface area (Å²) in [5.41, 5.74) is 5.20. The standard InChI is InChI=1S/C9H21N3O2S/c10-4-9-15(13,14)11-5-8-12-6-2-1-3-7-12/h11H,1-10H2. The molecule has 1 saturated heterocycles. The molecule has 1 heterocycles. The van der Waals surface area contributed by atoms with E-state index in [1.165, 1.54) is 19.3 Å². The predicted molar refractivity (Wildman–Crippen MR) is 61.1 cm³/mol. The van der Waals surface area contributed by atoms with Crippen LogP contribution in [-0.4, -0.2) is 51.8 Å². The molecule has 0 spiro atoms. The van der Waals surface area contributed by atoms with Crippen molar-refractivity contribution in [3.05, 3.63) is 0 Å². The minimum atomic E-state index is -3.13. The summed E-state index contributed by atoms with van der Waals surface area (Å²) in [5, 5.41) is 0. The molecule has 0 aromatic carbocycles. The van der Waals surface area contributed by atoms with Gasteiger partial charge in [0.25, 0.3) is 0 Å². The third kappa shape index (κ3) is 5.46. The highest BCUT2D eigenvalue weighted by atomic mass is 32.2. The van der Waals surface area contributed by atoms with Crippen molar-refractivity contribution < 1.29 is 8.42 Å². The number of hydrogen-bond donors (Lipinski definition) is 2. The number of rotatable bonds is 6. The zero-order chi connectivity index (χ0) is 11.1. The maximum atomic E-state index is 11.3. The number of sulfonamides is 1. The lowest BCUT2D eigenvalue weighted by molar-refractivity contribution is 0.233. The molecular weight excluding hydrogens is 214 g/mol. The lowest BCUT2D eigenvalue weighted by atomic mass is 10.1. The summed E-state index contributed by atoms with van der Waals surface area (Å²) in [6.07, 6.45) is 3.76. The van der Waals surface area contributed by atoms with Gasteiger partial charge in [0, 0.05) is 19.6 Å². The van der Waals surface area contributed by atoms with Crippen molar-refractivity contribution >= 4 is 10.0 Å². The summed E-state index contributed by atoms with van der Waals surface area (Å²) < 4.78 is 25.1. The van der Waals surface area contributed by atoms with Crippen LogP contribution in [0.3, 0.4) is 0 Å². The number of piperidine rings is 1. The number of nitrogens with one attached hydrogen (secondary N) is 1. The van der Waals surface area contributed by atoms with Crippen LogP contribution in [-0.2, 0) is 10.0 Å². The molecule has 0 aromatic rings. The summed E-state index contributed by atoms with van der Waals surface area (Å²) >= 11 is 0. The molecule has 90 valence electrons.